The number of hydrogen-bond donors (Lipinski definition) is 1. The molecule has 1 rings (SSSR count). The van der Waals surface area contributed by atoms with Crippen molar-refractivity contribution in [1.29, 1.82) is 0 Å². The van der Waals surface area contributed by atoms with Crippen molar-refractivity contribution in [1.82, 2.24) is 10.2 Å². The Morgan fingerprint density at radius 2 is 2.00 bits per heavy atom. The van der Waals surface area contributed by atoms with E-state index in [1.54, 1.807) is 0 Å². The van der Waals surface area contributed by atoms with Gasteiger partial charge in [-0.1, -0.05) is 27.7 Å². The van der Waals surface area contributed by atoms with E-state index in [0.717, 1.165) is 59.0 Å². The maximum absolute atomic E-state index is 5.74. The van der Waals surface area contributed by atoms with Gasteiger partial charge in [0.25, 0.3) is 0 Å². The van der Waals surface area contributed by atoms with E-state index < -0.39 is 0 Å². The molecule has 0 amide bonds. The number of nitrogens with zero attached hydrogens (tertiary/aromatic N) is 1. The lowest BCUT2D eigenvalue weighted by atomic mass is 10.2. The third kappa shape index (κ3) is 10.3. The van der Waals surface area contributed by atoms with E-state index in [1.165, 1.54) is 6.42 Å². The zero-order valence-electron chi connectivity index (χ0n) is 13.4. The second-order valence-electron chi connectivity index (χ2n) is 4.61. The highest BCUT2D eigenvalue weighted by Gasteiger charge is 2.19. The van der Waals surface area contributed by atoms with Gasteiger partial charge in [-0.15, -0.1) is 0 Å². The second kappa shape index (κ2) is 14.3. The Bertz CT molecular complexity index is 180. The lowest BCUT2D eigenvalue weighted by Crippen LogP contribution is -2.47. The highest BCUT2D eigenvalue weighted by atomic mass is 16.5. The smallest absolute Gasteiger partial charge is 0.0826 e. The van der Waals surface area contributed by atoms with Crippen LogP contribution in [0.4, 0.5) is 0 Å². The van der Waals surface area contributed by atoms with Crippen molar-refractivity contribution in [3.8, 4) is 0 Å². The summed E-state index contributed by atoms with van der Waals surface area (Å²) in [4.78, 5) is 2.44. The minimum absolute atomic E-state index is 0.349. The molecule has 0 spiro atoms. The van der Waals surface area contributed by atoms with Crippen LogP contribution in [0.1, 0.15) is 40.5 Å². The molecule has 4 heteroatoms. The monoisotopic (exact) mass is 274 g/mol. The van der Waals surface area contributed by atoms with Crippen molar-refractivity contribution in [2.24, 2.45) is 0 Å². The van der Waals surface area contributed by atoms with Gasteiger partial charge in [0, 0.05) is 32.8 Å². The molecule has 1 aliphatic heterocycles. The molecule has 1 aliphatic rings. The van der Waals surface area contributed by atoms with Gasteiger partial charge in [-0.2, -0.15) is 0 Å². The molecule has 0 bridgehead atoms. The van der Waals surface area contributed by atoms with Crippen LogP contribution in [-0.4, -0.2) is 63.5 Å². The van der Waals surface area contributed by atoms with Gasteiger partial charge in [0.2, 0.25) is 0 Å². The molecule has 116 valence electrons. The predicted octanol–water partition coefficient (Wildman–Crippen LogP) is 2.14. The minimum atomic E-state index is 0.349. The zero-order chi connectivity index (χ0) is 14.3. The Morgan fingerprint density at radius 3 is 2.68 bits per heavy atom. The quantitative estimate of drug-likeness (QED) is 0.653. The Labute approximate surface area is 119 Å². The Hall–Kier alpha value is -0.160. The van der Waals surface area contributed by atoms with Crippen molar-refractivity contribution < 1.29 is 9.47 Å². The molecule has 0 aromatic carbocycles. The lowest BCUT2D eigenvalue weighted by Gasteiger charge is -2.32. The van der Waals surface area contributed by atoms with Gasteiger partial charge in [-0.3, -0.25) is 4.90 Å². The second-order valence-corrected chi connectivity index (χ2v) is 4.61. The molecular formula is C15H34N2O2. The fourth-order valence-electron chi connectivity index (χ4n) is 1.99. The SMILES string of the molecule is CC.CCCNCC1CN(CCOCCC)CCO1. The van der Waals surface area contributed by atoms with E-state index in [4.69, 9.17) is 9.47 Å². The molecular weight excluding hydrogens is 240 g/mol. The van der Waals surface area contributed by atoms with Crippen LogP contribution in [0.3, 0.4) is 0 Å². The van der Waals surface area contributed by atoms with E-state index in [1.807, 2.05) is 13.8 Å². The Morgan fingerprint density at radius 1 is 1.21 bits per heavy atom. The van der Waals surface area contributed by atoms with Crippen LogP contribution in [0, 0.1) is 0 Å². The minimum Gasteiger partial charge on any atom is -0.380 e. The van der Waals surface area contributed by atoms with Crippen LogP contribution < -0.4 is 5.32 Å². The molecule has 1 atom stereocenters. The van der Waals surface area contributed by atoms with Crippen molar-refractivity contribution >= 4 is 0 Å². The van der Waals surface area contributed by atoms with Crippen molar-refractivity contribution in [2.75, 3.05) is 52.5 Å². The first kappa shape index (κ1) is 18.8. The first-order chi connectivity index (χ1) is 9.36. The fourth-order valence-corrected chi connectivity index (χ4v) is 1.99. The normalized spacial score (nSPS) is 19.9. The summed E-state index contributed by atoms with van der Waals surface area (Å²) < 4.78 is 11.3. The van der Waals surface area contributed by atoms with Crippen LogP contribution >= 0.6 is 0 Å². The molecule has 1 heterocycles. The van der Waals surface area contributed by atoms with E-state index in [0.29, 0.717) is 6.10 Å². The number of hydrogen-bond acceptors (Lipinski definition) is 4. The highest BCUT2D eigenvalue weighted by molar-refractivity contribution is 4.73. The zero-order valence-corrected chi connectivity index (χ0v) is 13.4. The van der Waals surface area contributed by atoms with Crippen LogP contribution in [0.25, 0.3) is 0 Å². The van der Waals surface area contributed by atoms with Gasteiger partial charge in [-0.25, -0.2) is 0 Å². The predicted molar refractivity (Wildman–Crippen MR) is 81.8 cm³/mol. The van der Waals surface area contributed by atoms with Crippen molar-refractivity contribution in [3.63, 3.8) is 0 Å². The largest absolute Gasteiger partial charge is 0.380 e. The van der Waals surface area contributed by atoms with Gasteiger partial charge in [-0.05, 0) is 19.4 Å². The van der Waals surface area contributed by atoms with Gasteiger partial charge in [0.1, 0.15) is 0 Å². The summed E-state index contributed by atoms with van der Waals surface area (Å²) >= 11 is 0. The summed E-state index contributed by atoms with van der Waals surface area (Å²) in [5.41, 5.74) is 0. The maximum Gasteiger partial charge on any atom is 0.0826 e. The van der Waals surface area contributed by atoms with E-state index in [9.17, 15) is 0 Å². The van der Waals surface area contributed by atoms with E-state index in [-0.39, 0.29) is 0 Å². The number of nitrogens with one attached hydrogen (secondary N) is 1. The summed E-state index contributed by atoms with van der Waals surface area (Å²) in [6, 6.07) is 0. The molecule has 0 aromatic rings. The lowest BCUT2D eigenvalue weighted by molar-refractivity contribution is -0.0347. The maximum atomic E-state index is 5.74. The van der Waals surface area contributed by atoms with Gasteiger partial charge < -0.3 is 14.8 Å². The molecule has 1 unspecified atom stereocenters. The third-order valence-electron chi connectivity index (χ3n) is 2.92. The standard InChI is InChI=1S/C13H28N2O2.C2H6/c1-3-5-14-11-13-12-15(7-10-17-13)6-9-16-8-4-2;1-2/h13-14H,3-12H2,1-2H3;1-2H3. The first-order valence-electron chi connectivity index (χ1n) is 7.99. The topological polar surface area (TPSA) is 33.7 Å². The summed E-state index contributed by atoms with van der Waals surface area (Å²) in [5.74, 6) is 0. The van der Waals surface area contributed by atoms with Crippen molar-refractivity contribution in [3.05, 3.63) is 0 Å². The summed E-state index contributed by atoms with van der Waals surface area (Å²) in [6.45, 7) is 16.1. The number of rotatable bonds is 9. The molecule has 19 heavy (non-hydrogen) atoms. The molecule has 1 fully saturated rings. The van der Waals surface area contributed by atoms with E-state index in [2.05, 4.69) is 24.1 Å². The first-order valence-corrected chi connectivity index (χ1v) is 7.99. The summed E-state index contributed by atoms with van der Waals surface area (Å²) in [7, 11) is 0. The molecule has 1 saturated heterocycles. The highest BCUT2D eigenvalue weighted by Crippen LogP contribution is 2.04. The molecule has 0 radical (unpaired) electrons. The average molecular weight is 274 g/mol. The van der Waals surface area contributed by atoms with Gasteiger partial charge in [0.15, 0.2) is 0 Å². The van der Waals surface area contributed by atoms with Gasteiger partial charge >= 0.3 is 0 Å². The van der Waals surface area contributed by atoms with Crippen LogP contribution in [0.2, 0.25) is 0 Å². The van der Waals surface area contributed by atoms with E-state index >= 15 is 0 Å². The Kier molecular flexibility index (Phi) is 14.1. The Balaban J connectivity index is 0.00000154. The number of morpholine rings is 1. The van der Waals surface area contributed by atoms with Gasteiger partial charge in [0.05, 0.1) is 19.3 Å². The molecule has 4 nitrogen and oxygen atoms in total. The molecule has 0 saturated carbocycles. The fraction of sp³-hybridized carbons (Fsp3) is 1.00. The van der Waals surface area contributed by atoms with Crippen LogP contribution in [0.15, 0.2) is 0 Å². The molecule has 1 N–H and O–H groups in total. The number of ether oxygens (including phenoxy) is 2. The average Bonchev–Trinajstić information content (AvgIpc) is 2.47. The molecule has 0 aromatic heterocycles. The summed E-state index contributed by atoms with van der Waals surface area (Å²) in [6.07, 6.45) is 2.63. The molecule has 0 aliphatic carbocycles. The van der Waals surface area contributed by atoms with Crippen LogP contribution in [0.5, 0.6) is 0 Å². The summed E-state index contributed by atoms with van der Waals surface area (Å²) in [5, 5.41) is 3.42. The third-order valence-corrected chi connectivity index (χ3v) is 2.92. The van der Waals surface area contributed by atoms with Crippen molar-refractivity contribution in [2.45, 2.75) is 46.6 Å². The van der Waals surface area contributed by atoms with Crippen LogP contribution in [-0.2, 0) is 9.47 Å².